The molecular formula is C39H25N3S. The maximum Gasteiger partial charge on any atom is 0.164 e. The third-order valence-corrected chi connectivity index (χ3v) is 8.42. The zero-order valence-corrected chi connectivity index (χ0v) is 23.3. The van der Waals surface area contributed by atoms with Crippen LogP contribution in [0, 0.1) is 0 Å². The summed E-state index contributed by atoms with van der Waals surface area (Å²) < 4.78 is 76.8. The maximum atomic E-state index is 8.54. The minimum absolute atomic E-state index is 0.0228. The number of aromatic nitrogens is 3. The molecule has 4 heteroatoms. The van der Waals surface area contributed by atoms with Crippen LogP contribution in [0.4, 0.5) is 0 Å². The van der Waals surface area contributed by atoms with Crippen LogP contribution in [0.3, 0.4) is 0 Å². The Labute approximate surface area is 266 Å². The van der Waals surface area contributed by atoms with Crippen molar-refractivity contribution in [2.24, 2.45) is 0 Å². The molecule has 0 unspecified atom stereocenters. The fourth-order valence-corrected chi connectivity index (χ4v) is 6.39. The second kappa shape index (κ2) is 10.8. The number of hydrogen-bond donors (Lipinski definition) is 0. The second-order valence-corrected chi connectivity index (χ2v) is 10.9. The lowest BCUT2D eigenvalue weighted by Gasteiger charge is -2.10. The highest BCUT2D eigenvalue weighted by Gasteiger charge is 2.13. The molecule has 0 atom stereocenters. The Balaban J connectivity index is 1.24. The molecule has 0 bridgehead atoms. The van der Waals surface area contributed by atoms with E-state index in [0.29, 0.717) is 5.56 Å². The molecule has 0 saturated carbocycles. The van der Waals surface area contributed by atoms with Crippen LogP contribution in [0.25, 0.3) is 76.6 Å². The Morgan fingerprint density at radius 2 is 1.07 bits per heavy atom. The second-order valence-electron chi connectivity index (χ2n) is 9.82. The van der Waals surface area contributed by atoms with Crippen molar-refractivity contribution in [2.45, 2.75) is 0 Å². The summed E-state index contributed by atoms with van der Waals surface area (Å²) in [7, 11) is 0. The number of benzene rings is 6. The van der Waals surface area contributed by atoms with Crippen LogP contribution < -0.4 is 0 Å². The minimum atomic E-state index is -0.564. The van der Waals surface area contributed by atoms with Gasteiger partial charge in [-0.25, -0.2) is 15.0 Å². The summed E-state index contributed by atoms with van der Waals surface area (Å²) in [5.41, 5.74) is 4.38. The summed E-state index contributed by atoms with van der Waals surface area (Å²) in [4.78, 5) is 13.5. The smallest absolute Gasteiger partial charge is 0.164 e. The molecule has 202 valence electrons. The van der Waals surface area contributed by atoms with Crippen molar-refractivity contribution in [2.75, 3.05) is 0 Å². The van der Waals surface area contributed by atoms with Crippen LogP contribution in [0.15, 0.2) is 151 Å². The molecule has 6 aromatic carbocycles. The summed E-state index contributed by atoms with van der Waals surface area (Å²) >= 11 is 1.78. The maximum absolute atomic E-state index is 8.54. The van der Waals surface area contributed by atoms with Gasteiger partial charge in [0.05, 0.1) is 12.3 Å². The Morgan fingerprint density at radius 1 is 0.442 bits per heavy atom. The molecule has 8 aromatic rings. The van der Waals surface area contributed by atoms with E-state index < -0.39 is 42.3 Å². The first kappa shape index (κ1) is 17.5. The molecular weight excluding hydrogens is 543 g/mol. The van der Waals surface area contributed by atoms with E-state index in [1.54, 1.807) is 23.5 Å². The summed E-state index contributed by atoms with van der Waals surface area (Å²) in [6.45, 7) is 0. The van der Waals surface area contributed by atoms with E-state index in [0.717, 1.165) is 22.3 Å². The van der Waals surface area contributed by atoms with Gasteiger partial charge in [-0.2, -0.15) is 0 Å². The van der Waals surface area contributed by atoms with Gasteiger partial charge in [0.1, 0.15) is 0 Å². The molecule has 0 saturated heterocycles. The Bertz CT molecular complexity index is 2720. The lowest BCUT2D eigenvalue weighted by molar-refractivity contribution is 1.07. The molecule has 2 aromatic heterocycles. The van der Waals surface area contributed by atoms with Gasteiger partial charge < -0.3 is 0 Å². The van der Waals surface area contributed by atoms with Crippen molar-refractivity contribution in [3.05, 3.63) is 151 Å². The molecule has 0 spiro atoms. The summed E-state index contributed by atoms with van der Waals surface area (Å²) in [6, 6.07) is 27.4. The van der Waals surface area contributed by atoms with Crippen LogP contribution in [-0.4, -0.2) is 15.0 Å². The SMILES string of the molecule is [2H]c1cc(-c2nc(-c3ccc(-c4cccc(-c5cccc6c5sc5ccccc56)c4)cc3)nc(-c3c([2H])c([2H])c([2H])c([2H])c3[2H])n2)c([2H])c([2H])c1[2H]. The summed E-state index contributed by atoms with van der Waals surface area (Å²) in [5, 5.41) is 2.46. The third-order valence-electron chi connectivity index (χ3n) is 7.20. The van der Waals surface area contributed by atoms with E-state index in [9.17, 15) is 0 Å². The number of rotatable bonds is 5. The third kappa shape index (κ3) is 4.78. The molecule has 0 aliphatic carbocycles. The molecule has 0 amide bonds. The van der Waals surface area contributed by atoms with Gasteiger partial charge >= 0.3 is 0 Å². The standard InChI is InChI=1S/C39H25N3S/c1-3-11-27(12-4-1)37-40-38(28-13-5-2-6-14-28)42-39(41-37)29-23-21-26(22-24-29)30-15-9-16-31(25-30)32-18-10-19-34-33-17-7-8-20-35(33)43-36(32)34/h1-25H/i1D,2D,3D,4D,5D,6D,11D,12D,13D. The van der Waals surface area contributed by atoms with Gasteiger partial charge in [0.25, 0.3) is 0 Å². The highest BCUT2D eigenvalue weighted by molar-refractivity contribution is 7.26. The summed E-state index contributed by atoms with van der Waals surface area (Å²) in [5.74, 6) is -0.265. The fraction of sp³-hybridized carbons (Fsp3) is 0. The van der Waals surface area contributed by atoms with Gasteiger partial charge in [-0.15, -0.1) is 11.3 Å². The van der Waals surface area contributed by atoms with Gasteiger partial charge in [-0.3, -0.25) is 0 Å². The van der Waals surface area contributed by atoms with E-state index in [2.05, 4.69) is 69.5 Å². The number of hydrogen-bond acceptors (Lipinski definition) is 4. The van der Waals surface area contributed by atoms with Crippen LogP contribution in [0.1, 0.15) is 12.3 Å². The van der Waals surface area contributed by atoms with E-state index in [1.165, 1.54) is 26.2 Å². The van der Waals surface area contributed by atoms with Crippen molar-refractivity contribution in [3.63, 3.8) is 0 Å². The Morgan fingerprint density at radius 3 is 1.91 bits per heavy atom. The molecule has 8 rings (SSSR count). The van der Waals surface area contributed by atoms with E-state index in [-0.39, 0.29) is 40.7 Å². The largest absolute Gasteiger partial charge is 0.208 e. The molecule has 43 heavy (non-hydrogen) atoms. The van der Waals surface area contributed by atoms with Crippen molar-refractivity contribution < 1.29 is 12.3 Å². The van der Waals surface area contributed by atoms with Crippen molar-refractivity contribution >= 4 is 31.5 Å². The zero-order chi connectivity index (χ0) is 36.4. The highest BCUT2D eigenvalue weighted by atomic mass is 32.1. The number of thiophene rings is 1. The van der Waals surface area contributed by atoms with Gasteiger partial charge in [-0.1, -0.05) is 139 Å². The Hall–Kier alpha value is -5.45. The van der Waals surface area contributed by atoms with Crippen molar-refractivity contribution in [1.29, 1.82) is 0 Å². The first-order chi connectivity index (χ1) is 25.0. The van der Waals surface area contributed by atoms with Crippen LogP contribution in [0.5, 0.6) is 0 Å². The van der Waals surface area contributed by atoms with Gasteiger partial charge in [0.2, 0.25) is 0 Å². The molecule has 0 radical (unpaired) electrons. The van der Waals surface area contributed by atoms with Crippen molar-refractivity contribution in [3.8, 4) is 56.4 Å². The van der Waals surface area contributed by atoms with Crippen molar-refractivity contribution in [1.82, 2.24) is 15.0 Å². The van der Waals surface area contributed by atoms with Gasteiger partial charge in [0, 0.05) is 36.9 Å². The van der Waals surface area contributed by atoms with Gasteiger partial charge in [-0.05, 0) is 34.4 Å². The van der Waals surface area contributed by atoms with Crippen LogP contribution >= 0.6 is 11.3 Å². The lowest BCUT2D eigenvalue weighted by Crippen LogP contribution is -2.00. The zero-order valence-electron chi connectivity index (χ0n) is 31.5. The van der Waals surface area contributed by atoms with Gasteiger partial charge in [0.15, 0.2) is 17.5 Å². The molecule has 0 N–H and O–H groups in total. The fourth-order valence-electron chi connectivity index (χ4n) is 5.15. The molecule has 0 aliphatic rings. The number of fused-ring (bicyclic) bond motifs is 3. The predicted molar refractivity (Wildman–Crippen MR) is 180 cm³/mol. The van der Waals surface area contributed by atoms with E-state index in [1.807, 2.05) is 24.3 Å². The van der Waals surface area contributed by atoms with E-state index >= 15 is 0 Å². The molecule has 0 fully saturated rings. The molecule has 0 aliphatic heterocycles. The highest BCUT2D eigenvalue weighted by Crippen LogP contribution is 2.40. The molecule has 2 heterocycles. The lowest BCUT2D eigenvalue weighted by atomic mass is 9.97. The normalized spacial score (nSPS) is 14.2. The topological polar surface area (TPSA) is 38.7 Å². The van der Waals surface area contributed by atoms with Crippen LogP contribution in [0.2, 0.25) is 0 Å². The average molecular weight is 577 g/mol. The first-order valence-electron chi connectivity index (χ1n) is 18.0. The predicted octanol–water partition coefficient (Wildman–Crippen LogP) is 10.6. The minimum Gasteiger partial charge on any atom is -0.208 e. The van der Waals surface area contributed by atoms with Crippen LogP contribution in [-0.2, 0) is 0 Å². The quantitative estimate of drug-likeness (QED) is 0.205. The van der Waals surface area contributed by atoms with E-state index in [4.69, 9.17) is 12.3 Å². The first-order valence-corrected chi connectivity index (χ1v) is 14.4. The summed E-state index contributed by atoms with van der Waals surface area (Å²) in [6.07, 6.45) is 0. The Kier molecular flexibility index (Phi) is 4.37. The monoisotopic (exact) mass is 576 g/mol. The molecule has 3 nitrogen and oxygen atoms in total. The average Bonchev–Trinajstić information content (AvgIpc) is 3.56. The number of nitrogens with zero attached hydrogens (tertiary/aromatic N) is 3.